The monoisotopic (exact) mass is 294 g/mol. The van der Waals surface area contributed by atoms with Crippen molar-refractivity contribution in [3.8, 4) is 6.07 Å². The average Bonchev–Trinajstić information content (AvgIpc) is 2.37. The fourth-order valence-corrected chi connectivity index (χ4v) is 2.91. The molecule has 1 heterocycles. The molecule has 0 amide bonds. The normalized spacial score (nSPS) is 15.3. The SMILES string of the molecule is N#Cc1ccc(NCCS(=O)(=O)NCC2CCC2)cn1. The minimum Gasteiger partial charge on any atom is -0.383 e. The molecule has 20 heavy (non-hydrogen) atoms. The molecule has 0 radical (unpaired) electrons. The fraction of sp³-hybridized carbons (Fsp3) is 0.538. The quantitative estimate of drug-likeness (QED) is 0.785. The molecule has 0 unspecified atom stereocenters. The van der Waals surface area contributed by atoms with Gasteiger partial charge in [-0.3, -0.25) is 0 Å². The summed E-state index contributed by atoms with van der Waals surface area (Å²) in [5.74, 6) is 0.542. The van der Waals surface area contributed by atoms with Crippen LogP contribution < -0.4 is 10.0 Å². The van der Waals surface area contributed by atoms with Gasteiger partial charge >= 0.3 is 0 Å². The Morgan fingerprint density at radius 1 is 1.40 bits per heavy atom. The Bertz CT molecular complexity index is 573. The van der Waals surface area contributed by atoms with Crippen LogP contribution in [0, 0.1) is 17.2 Å². The number of aromatic nitrogens is 1. The standard InChI is InChI=1S/C13H18N4O2S/c14-8-12-4-5-13(10-16-12)15-6-7-20(18,19)17-9-11-2-1-3-11/h4-5,10-11,15,17H,1-3,6-7,9H2. The second-order valence-corrected chi connectivity index (χ2v) is 6.86. The van der Waals surface area contributed by atoms with E-state index in [9.17, 15) is 8.42 Å². The molecule has 2 N–H and O–H groups in total. The van der Waals surface area contributed by atoms with E-state index in [0.29, 0.717) is 30.4 Å². The molecule has 1 aliphatic carbocycles. The van der Waals surface area contributed by atoms with E-state index < -0.39 is 10.0 Å². The van der Waals surface area contributed by atoms with E-state index >= 15 is 0 Å². The van der Waals surface area contributed by atoms with Crippen molar-refractivity contribution in [2.24, 2.45) is 5.92 Å². The highest BCUT2D eigenvalue weighted by molar-refractivity contribution is 7.89. The molecule has 6 nitrogen and oxygen atoms in total. The Morgan fingerprint density at radius 3 is 2.75 bits per heavy atom. The minimum atomic E-state index is -3.22. The van der Waals surface area contributed by atoms with Crippen molar-refractivity contribution < 1.29 is 8.42 Å². The van der Waals surface area contributed by atoms with Crippen LogP contribution >= 0.6 is 0 Å². The highest BCUT2D eigenvalue weighted by atomic mass is 32.2. The van der Waals surface area contributed by atoms with Gasteiger partial charge in [-0.15, -0.1) is 0 Å². The summed E-state index contributed by atoms with van der Waals surface area (Å²) in [6, 6.07) is 5.23. The van der Waals surface area contributed by atoms with Gasteiger partial charge in [0.15, 0.2) is 0 Å². The lowest BCUT2D eigenvalue weighted by Crippen LogP contribution is -2.35. The van der Waals surface area contributed by atoms with Gasteiger partial charge in [0, 0.05) is 13.1 Å². The van der Waals surface area contributed by atoms with Gasteiger partial charge in [0.25, 0.3) is 0 Å². The first-order chi connectivity index (χ1) is 9.59. The van der Waals surface area contributed by atoms with Crippen molar-refractivity contribution in [1.29, 1.82) is 5.26 Å². The molecule has 1 aromatic rings. The van der Waals surface area contributed by atoms with Crippen molar-refractivity contribution in [3.63, 3.8) is 0 Å². The van der Waals surface area contributed by atoms with Crippen LogP contribution in [0.4, 0.5) is 5.69 Å². The van der Waals surface area contributed by atoms with E-state index in [1.165, 1.54) is 12.6 Å². The number of nitrogens with one attached hydrogen (secondary N) is 2. The lowest BCUT2D eigenvalue weighted by molar-refractivity contribution is 0.316. The number of anilines is 1. The Labute approximate surface area is 119 Å². The van der Waals surface area contributed by atoms with Gasteiger partial charge in [-0.25, -0.2) is 18.1 Å². The van der Waals surface area contributed by atoms with Crippen LogP contribution in [0.15, 0.2) is 18.3 Å². The molecule has 108 valence electrons. The molecule has 0 aromatic carbocycles. The molecule has 0 aliphatic heterocycles. The maximum Gasteiger partial charge on any atom is 0.213 e. The summed E-state index contributed by atoms with van der Waals surface area (Å²) in [6.45, 7) is 0.869. The number of sulfonamides is 1. The lowest BCUT2D eigenvalue weighted by atomic mass is 9.86. The first-order valence-corrected chi connectivity index (χ1v) is 8.32. The molecule has 0 saturated heterocycles. The summed E-state index contributed by atoms with van der Waals surface area (Å²) in [5, 5.41) is 11.6. The molecule has 1 aliphatic rings. The Balaban J connectivity index is 1.71. The second-order valence-electron chi connectivity index (χ2n) is 4.93. The second kappa shape index (κ2) is 6.68. The highest BCUT2D eigenvalue weighted by Gasteiger charge is 2.19. The van der Waals surface area contributed by atoms with Gasteiger partial charge in [-0.1, -0.05) is 6.42 Å². The van der Waals surface area contributed by atoms with Crippen molar-refractivity contribution in [2.45, 2.75) is 19.3 Å². The maximum absolute atomic E-state index is 11.8. The molecule has 0 atom stereocenters. The van der Waals surface area contributed by atoms with Crippen molar-refractivity contribution in [2.75, 3.05) is 24.2 Å². The fourth-order valence-electron chi connectivity index (χ4n) is 1.91. The van der Waals surface area contributed by atoms with Gasteiger partial charge in [-0.2, -0.15) is 5.26 Å². The molecule has 7 heteroatoms. The molecule has 0 spiro atoms. The number of nitriles is 1. The first kappa shape index (κ1) is 14.8. The van der Waals surface area contributed by atoms with Crippen LogP contribution in [0.25, 0.3) is 0 Å². The number of pyridine rings is 1. The van der Waals surface area contributed by atoms with Crippen LogP contribution in [-0.4, -0.2) is 32.2 Å². The number of hydrogen-bond donors (Lipinski definition) is 2. The van der Waals surface area contributed by atoms with E-state index in [1.54, 1.807) is 12.1 Å². The Kier molecular flexibility index (Phi) is 4.93. The first-order valence-electron chi connectivity index (χ1n) is 6.66. The molecule has 2 rings (SSSR count). The summed E-state index contributed by atoms with van der Waals surface area (Å²) in [5.41, 5.74) is 1.04. The van der Waals surface area contributed by atoms with E-state index in [0.717, 1.165) is 12.8 Å². The van der Waals surface area contributed by atoms with Crippen LogP contribution in [0.1, 0.15) is 25.0 Å². The third kappa shape index (κ3) is 4.47. The Morgan fingerprint density at radius 2 is 2.20 bits per heavy atom. The molecule has 1 fully saturated rings. The van der Waals surface area contributed by atoms with Crippen molar-refractivity contribution >= 4 is 15.7 Å². The predicted molar refractivity (Wildman–Crippen MR) is 76.6 cm³/mol. The predicted octanol–water partition coefficient (Wildman–Crippen LogP) is 1.08. The highest BCUT2D eigenvalue weighted by Crippen LogP contribution is 2.25. The number of rotatable bonds is 7. The van der Waals surface area contributed by atoms with E-state index in [4.69, 9.17) is 5.26 Å². The number of nitrogens with zero attached hydrogens (tertiary/aromatic N) is 2. The summed E-state index contributed by atoms with van der Waals surface area (Å²) < 4.78 is 26.2. The lowest BCUT2D eigenvalue weighted by Gasteiger charge is -2.25. The van der Waals surface area contributed by atoms with Gasteiger partial charge in [0.1, 0.15) is 11.8 Å². The summed E-state index contributed by atoms with van der Waals surface area (Å²) in [6.07, 6.45) is 4.97. The van der Waals surface area contributed by atoms with E-state index in [2.05, 4.69) is 15.0 Å². The van der Waals surface area contributed by atoms with E-state index in [-0.39, 0.29) is 5.75 Å². The van der Waals surface area contributed by atoms with Crippen LogP contribution in [0.5, 0.6) is 0 Å². The zero-order chi connectivity index (χ0) is 14.4. The zero-order valence-electron chi connectivity index (χ0n) is 11.2. The van der Waals surface area contributed by atoms with E-state index in [1.807, 2.05) is 6.07 Å². The molecular formula is C13H18N4O2S. The topological polar surface area (TPSA) is 94.9 Å². The molecule has 0 bridgehead atoms. The minimum absolute atomic E-state index is 0.0275. The molecule has 1 aromatic heterocycles. The van der Waals surface area contributed by atoms with Gasteiger partial charge in [-0.05, 0) is 30.9 Å². The average molecular weight is 294 g/mol. The third-order valence-electron chi connectivity index (χ3n) is 3.39. The number of hydrogen-bond acceptors (Lipinski definition) is 5. The van der Waals surface area contributed by atoms with Crippen LogP contribution in [0.3, 0.4) is 0 Å². The van der Waals surface area contributed by atoms with Crippen LogP contribution in [-0.2, 0) is 10.0 Å². The largest absolute Gasteiger partial charge is 0.383 e. The smallest absolute Gasteiger partial charge is 0.213 e. The third-order valence-corrected chi connectivity index (χ3v) is 4.74. The maximum atomic E-state index is 11.8. The Hall–Kier alpha value is -1.65. The van der Waals surface area contributed by atoms with Gasteiger partial charge in [0.2, 0.25) is 10.0 Å². The van der Waals surface area contributed by atoms with Gasteiger partial charge < -0.3 is 5.32 Å². The van der Waals surface area contributed by atoms with Gasteiger partial charge in [0.05, 0.1) is 17.6 Å². The summed E-state index contributed by atoms with van der Waals surface area (Å²) >= 11 is 0. The summed E-state index contributed by atoms with van der Waals surface area (Å²) in [4.78, 5) is 3.90. The summed E-state index contributed by atoms with van der Waals surface area (Å²) in [7, 11) is -3.22. The van der Waals surface area contributed by atoms with Crippen molar-refractivity contribution in [3.05, 3.63) is 24.0 Å². The molecule has 1 saturated carbocycles. The van der Waals surface area contributed by atoms with Crippen LogP contribution in [0.2, 0.25) is 0 Å². The van der Waals surface area contributed by atoms with Crippen molar-refractivity contribution in [1.82, 2.24) is 9.71 Å². The molecular weight excluding hydrogens is 276 g/mol. The zero-order valence-corrected chi connectivity index (χ0v) is 12.0.